The van der Waals surface area contributed by atoms with E-state index in [0.717, 1.165) is 0 Å². The quantitative estimate of drug-likeness (QED) is 0.775. The van der Waals surface area contributed by atoms with Crippen LogP contribution in [-0.4, -0.2) is 22.7 Å². The number of alkyl halides is 2. The number of carbonyl (C=O) groups is 1. The normalized spacial score (nSPS) is 10.6. The lowest BCUT2D eigenvalue weighted by Crippen LogP contribution is -2.23. The van der Waals surface area contributed by atoms with Crippen LogP contribution < -0.4 is 15.8 Å². The summed E-state index contributed by atoms with van der Waals surface area (Å²) in [6.07, 6.45) is 0. The van der Waals surface area contributed by atoms with E-state index >= 15 is 0 Å². The van der Waals surface area contributed by atoms with Gasteiger partial charge in [0, 0.05) is 18.2 Å². The van der Waals surface area contributed by atoms with Gasteiger partial charge >= 0.3 is 6.61 Å². The third-order valence-corrected chi connectivity index (χ3v) is 2.47. The lowest BCUT2D eigenvalue weighted by Gasteiger charge is -2.10. The van der Waals surface area contributed by atoms with E-state index in [2.05, 4.69) is 20.3 Å². The first-order valence-corrected chi connectivity index (χ1v) is 5.68. The molecule has 1 amide bonds. The van der Waals surface area contributed by atoms with Gasteiger partial charge in [-0.2, -0.15) is 13.9 Å². The van der Waals surface area contributed by atoms with Crippen LogP contribution in [0.5, 0.6) is 5.75 Å². The molecule has 0 bridgehead atoms. The van der Waals surface area contributed by atoms with E-state index in [9.17, 15) is 13.6 Å². The van der Waals surface area contributed by atoms with Gasteiger partial charge in [-0.25, -0.2) is 0 Å². The number of ether oxygens (including phenoxy) is 1. The minimum absolute atomic E-state index is 0.0203. The first kappa shape index (κ1) is 13.8. The number of nitrogen functional groups attached to an aromatic ring is 1. The van der Waals surface area contributed by atoms with Crippen molar-refractivity contribution < 1.29 is 18.3 Å². The molecule has 0 atom stereocenters. The second-order valence-corrected chi connectivity index (χ2v) is 3.88. The zero-order valence-corrected chi connectivity index (χ0v) is 10.3. The van der Waals surface area contributed by atoms with Crippen LogP contribution in [0.3, 0.4) is 0 Å². The third kappa shape index (κ3) is 3.44. The predicted molar refractivity (Wildman–Crippen MR) is 67.2 cm³/mol. The standard InChI is InChI=1S/C12H12F2N4O2/c13-12(14)20-9-4-2-1-3-7(9)6-16-11(19)8-5-10(15)18-17-8/h1-5,12H,6H2,(H,16,19)(H3,15,17,18). The van der Waals surface area contributed by atoms with Crippen LogP contribution in [-0.2, 0) is 6.54 Å². The minimum atomic E-state index is -2.92. The molecule has 106 valence electrons. The summed E-state index contributed by atoms with van der Waals surface area (Å²) in [5, 5.41) is 8.62. The molecule has 0 aliphatic carbocycles. The summed E-state index contributed by atoms with van der Waals surface area (Å²) in [5.74, 6) is -0.232. The SMILES string of the molecule is Nc1cc(C(=O)NCc2ccccc2OC(F)F)[nH]n1. The maximum atomic E-state index is 12.2. The van der Waals surface area contributed by atoms with E-state index in [0.29, 0.717) is 5.56 Å². The summed E-state index contributed by atoms with van der Waals surface area (Å²) in [5.41, 5.74) is 6.01. The summed E-state index contributed by atoms with van der Waals surface area (Å²) in [4.78, 5) is 11.7. The molecule has 20 heavy (non-hydrogen) atoms. The molecule has 2 rings (SSSR count). The molecule has 0 aliphatic heterocycles. The van der Waals surface area contributed by atoms with Gasteiger partial charge < -0.3 is 15.8 Å². The lowest BCUT2D eigenvalue weighted by molar-refractivity contribution is -0.0504. The Balaban J connectivity index is 2.02. The van der Waals surface area contributed by atoms with E-state index in [4.69, 9.17) is 5.73 Å². The van der Waals surface area contributed by atoms with Gasteiger partial charge in [-0.3, -0.25) is 9.89 Å². The maximum Gasteiger partial charge on any atom is 0.387 e. The second-order valence-electron chi connectivity index (χ2n) is 3.88. The van der Waals surface area contributed by atoms with Crippen LogP contribution in [0.4, 0.5) is 14.6 Å². The van der Waals surface area contributed by atoms with Gasteiger partial charge in [0.05, 0.1) is 0 Å². The highest BCUT2D eigenvalue weighted by Gasteiger charge is 2.12. The Morgan fingerprint density at radius 3 is 2.85 bits per heavy atom. The van der Waals surface area contributed by atoms with Crippen LogP contribution in [0, 0.1) is 0 Å². The fourth-order valence-electron chi connectivity index (χ4n) is 1.59. The van der Waals surface area contributed by atoms with E-state index in [1.807, 2.05) is 0 Å². The van der Waals surface area contributed by atoms with Crippen LogP contribution >= 0.6 is 0 Å². The molecule has 6 nitrogen and oxygen atoms in total. The summed E-state index contributed by atoms with van der Waals surface area (Å²) >= 11 is 0. The van der Waals surface area contributed by atoms with Crippen molar-refractivity contribution in [1.82, 2.24) is 15.5 Å². The number of carbonyl (C=O) groups excluding carboxylic acids is 1. The molecule has 2 aromatic rings. The van der Waals surface area contributed by atoms with Gasteiger partial charge in [0.1, 0.15) is 17.3 Å². The van der Waals surface area contributed by atoms with Crippen LogP contribution in [0.15, 0.2) is 30.3 Å². The number of amides is 1. The predicted octanol–water partition coefficient (Wildman–Crippen LogP) is 1.52. The number of rotatable bonds is 5. The van der Waals surface area contributed by atoms with Gasteiger partial charge in [0.2, 0.25) is 0 Å². The minimum Gasteiger partial charge on any atom is -0.434 e. The molecule has 1 aromatic carbocycles. The smallest absolute Gasteiger partial charge is 0.387 e. The van der Waals surface area contributed by atoms with Crippen LogP contribution in [0.2, 0.25) is 0 Å². The molecule has 4 N–H and O–H groups in total. The number of hydrogen-bond donors (Lipinski definition) is 3. The van der Waals surface area contributed by atoms with E-state index in [-0.39, 0.29) is 23.8 Å². The number of para-hydroxylation sites is 1. The first-order valence-electron chi connectivity index (χ1n) is 5.68. The maximum absolute atomic E-state index is 12.2. The van der Waals surface area contributed by atoms with Crippen molar-refractivity contribution in [2.75, 3.05) is 5.73 Å². The van der Waals surface area contributed by atoms with Crippen LogP contribution in [0.1, 0.15) is 16.1 Å². The highest BCUT2D eigenvalue weighted by atomic mass is 19.3. The third-order valence-electron chi connectivity index (χ3n) is 2.47. The van der Waals surface area contributed by atoms with E-state index < -0.39 is 12.5 Å². The second kappa shape index (κ2) is 6.00. The van der Waals surface area contributed by atoms with Crippen LogP contribution in [0.25, 0.3) is 0 Å². The molecule has 0 saturated heterocycles. The average molecular weight is 282 g/mol. The fourth-order valence-corrected chi connectivity index (χ4v) is 1.59. The van der Waals surface area contributed by atoms with Gasteiger partial charge in [-0.1, -0.05) is 18.2 Å². The number of hydrogen-bond acceptors (Lipinski definition) is 4. The molecule has 0 fully saturated rings. The first-order chi connectivity index (χ1) is 9.56. The topological polar surface area (TPSA) is 93.0 Å². The number of nitrogens with two attached hydrogens (primary N) is 1. The Bertz CT molecular complexity index is 601. The van der Waals surface area contributed by atoms with Crippen molar-refractivity contribution in [2.24, 2.45) is 0 Å². The number of anilines is 1. The number of aromatic amines is 1. The van der Waals surface area contributed by atoms with E-state index in [1.165, 1.54) is 12.1 Å². The van der Waals surface area contributed by atoms with Gasteiger partial charge in [0.15, 0.2) is 0 Å². The molecule has 1 aromatic heterocycles. The Labute approximate surface area is 112 Å². The number of aromatic nitrogens is 2. The largest absolute Gasteiger partial charge is 0.434 e. The van der Waals surface area contributed by atoms with Crippen molar-refractivity contribution in [2.45, 2.75) is 13.2 Å². The Morgan fingerprint density at radius 1 is 1.45 bits per heavy atom. The number of nitrogens with zero attached hydrogens (tertiary/aromatic N) is 1. The van der Waals surface area contributed by atoms with Crippen molar-refractivity contribution in [3.63, 3.8) is 0 Å². The van der Waals surface area contributed by atoms with Gasteiger partial charge in [-0.05, 0) is 6.07 Å². The van der Waals surface area contributed by atoms with Gasteiger partial charge in [-0.15, -0.1) is 0 Å². The monoisotopic (exact) mass is 282 g/mol. The highest BCUT2D eigenvalue weighted by molar-refractivity contribution is 5.92. The van der Waals surface area contributed by atoms with Crippen molar-refractivity contribution >= 4 is 11.7 Å². The molecule has 0 aliphatic rings. The molecule has 8 heteroatoms. The molecule has 0 saturated carbocycles. The number of nitrogens with one attached hydrogen (secondary N) is 2. The van der Waals surface area contributed by atoms with Crippen molar-refractivity contribution in [1.29, 1.82) is 0 Å². The average Bonchev–Trinajstić information content (AvgIpc) is 2.83. The zero-order valence-electron chi connectivity index (χ0n) is 10.3. The number of halogens is 2. The number of benzene rings is 1. The van der Waals surface area contributed by atoms with Crippen molar-refractivity contribution in [3.8, 4) is 5.75 Å². The summed E-state index contributed by atoms with van der Waals surface area (Å²) in [6, 6.07) is 7.59. The Kier molecular flexibility index (Phi) is 4.14. The van der Waals surface area contributed by atoms with Gasteiger partial charge in [0.25, 0.3) is 5.91 Å². The number of H-pyrrole nitrogens is 1. The molecule has 0 radical (unpaired) electrons. The Morgan fingerprint density at radius 2 is 2.20 bits per heavy atom. The molecular weight excluding hydrogens is 270 g/mol. The summed E-state index contributed by atoms with van der Waals surface area (Å²) < 4.78 is 28.8. The van der Waals surface area contributed by atoms with Crippen molar-refractivity contribution in [3.05, 3.63) is 41.6 Å². The molecular formula is C12H12F2N4O2. The summed E-state index contributed by atoms with van der Waals surface area (Å²) in [7, 11) is 0. The molecule has 0 spiro atoms. The molecule has 1 heterocycles. The summed E-state index contributed by atoms with van der Waals surface area (Å²) in [6.45, 7) is -2.88. The zero-order chi connectivity index (χ0) is 14.5. The fraction of sp³-hybridized carbons (Fsp3) is 0.167. The Hall–Kier alpha value is -2.64. The lowest BCUT2D eigenvalue weighted by atomic mass is 10.2. The van der Waals surface area contributed by atoms with E-state index in [1.54, 1.807) is 18.2 Å². The highest BCUT2D eigenvalue weighted by Crippen LogP contribution is 2.20. The molecule has 0 unspecified atom stereocenters.